The highest BCUT2D eigenvalue weighted by atomic mass is 19.1. The minimum absolute atomic E-state index is 0.0759. The lowest BCUT2D eigenvalue weighted by molar-refractivity contribution is 0.110. The molecule has 2 unspecified atom stereocenters. The number of ether oxygens (including phenoxy) is 1. The van der Waals surface area contributed by atoms with Crippen molar-refractivity contribution in [3.05, 3.63) is 64.2 Å². The van der Waals surface area contributed by atoms with Gasteiger partial charge in [0.25, 0.3) is 5.56 Å². The third kappa shape index (κ3) is 4.66. The molecule has 8 rings (SSSR count). The van der Waals surface area contributed by atoms with Crippen LogP contribution in [0.15, 0.2) is 47.4 Å². The summed E-state index contributed by atoms with van der Waals surface area (Å²) in [6.07, 6.45) is 5.89. The number of nitrogens with zero attached hydrogens (tertiary/aromatic N) is 4. The van der Waals surface area contributed by atoms with Crippen LogP contribution in [0, 0.1) is 0 Å². The van der Waals surface area contributed by atoms with Crippen molar-refractivity contribution in [2.75, 3.05) is 32.8 Å². The summed E-state index contributed by atoms with van der Waals surface area (Å²) in [6, 6.07) is 11.7. The molecule has 4 fully saturated rings. The van der Waals surface area contributed by atoms with Crippen LogP contribution in [0.5, 0.6) is 11.6 Å². The van der Waals surface area contributed by atoms with E-state index in [2.05, 4.69) is 22.5 Å². The third-order valence-corrected chi connectivity index (χ3v) is 10.5. The van der Waals surface area contributed by atoms with E-state index < -0.39 is 6.17 Å². The van der Waals surface area contributed by atoms with Crippen molar-refractivity contribution >= 4 is 21.5 Å². The van der Waals surface area contributed by atoms with Gasteiger partial charge in [-0.3, -0.25) is 9.69 Å². The second-order valence-corrected chi connectivity index (χ2v) is 13.3. The summed E-state index contributed by atoms with van der Waals surface area (Å²) in [7, 11) is 0. The highest BCUT2D eigenvalue weighted by Crippen LogP contribution is 2.41. The van der Waals surface area contributed by atoms with Crippen LogP contribution in [-0.4, -0.2) is 81.4 Å². The summed E-state index contributed by atoms with van der Waals surface area (Å²) in [5.41, 5.74) is 1.87. The Morgan fingerprint density at radius 1 is 1.16 bits per heavy atom. The molecule has 230 valence electrons. The van der Waals surface area contributed by atoms with Gasteiger partial charge in [-0.05, 0) is 55.7 Å². The van der Waals surface area contributed by atoms with Crippen molar-refractivity contribution in [3.8, 4) is 17.3 Å². The number of benzene rings is 2. The van der Waals surface area contributed by atoms with Crippen LogP contribution in [0.25, 0.3) is 27.2 Å². The van der Waals surface area contributed by atoms with Crippen molar-refractivity contribution in [2.45, 2.75) is 75.2 Å². The zero-order valence-electron chi connectivity index (χ0n) is 25.1. The largest absolute Gasteiger partial charge is 0.508 e. The van der Waals surface area contributed by atoms with Gasteiger partial charge in [-0.2, -0.15) is 9.78 Å². The maximum absolute atomic E-state index is 14.5. The first-order valence-electron chi connectivity index (χ1n) is 16.1. The van der Waals surface area contributed by atoms with E-state index in [1.165, 1.54) is 4.68 Å². The van der Waals surface area contributed by atoms with Gasteiger partial charge >= 0.3 is 0 Å². The number of phenolic OH excluding ortho intramolecular Hbond substituents is 1. The molecule has 6 heterocycles. The highest BCUT2D eigenvalue weighted by Gasteiger charge is 2.49. The zero-order valence-corrected chi connectivity index (χ0v) is 25.1. The topological polar surface area (TPSA) is 105 Å². The van der Waals surface area contributed by atoms with E-state index in [1.807, 2.05) is 18.2 Å². The summed E-state index contributed by atoms with van der Waals surface area (Å²) < 4.78 is 22.4. The molecule has 4 atom stereocenters. The Kier molecular flexibility index (Phi) is 6.84. The van der Waals surface area contributed by atoms with E-state index in [4.69, 9.17) is 14.8 Å². The van der Waals surface area contributed by atoms with Crippen molar-refractivity contribution in [1.82, 2.24) is 30.3 Å². The monoisotopic (exact) mass is 598 g/mol. The Hall–Kier alpha value is -3.60. The molecule has 4 aliphatic rings. The summed E-state index contributed by atoms with van der Waals surface area (Å²) in [6.45, 7) is 5.58. The van der Waals surface area contributed by atoms with Crippen LogP contribution < -0.4 is 20.9 Å². The number of hydrogen-bond acceptors (Lipinski definition) is 8. The Morgan fingerprint density at radius 3 is 2.82 bits per heavy atom. The number of nitrogens with one attached hydrogen (secondary N) is 2. The predicted molar refractivity (Wildman–Crippen MR) is 168 cm³/mol. The summed E-state index contributed by atoms with van der Waals surface area (Å²) in [5.74, 6) is 0.627. The van der Waals surface area contributed by atoms with E-state index in [9.17, 15) is 14.3 Å². The van der Waals surface area contributed by atoms with Crippen molar-refractivity contribution in [3.63, 3.8) is 0 Å². The first-order chi connectivity index (χ1) is 21.4. The molecule has 0 radical (unpaired) electrons. The predicted octanol–water partition coefficient (Wildman–Crippen LogP) is 3.96. The molecule has 0 spiro atoms. The summed E-state index contributed by atoms with van der Waals surface area (Å²) in [4.78, 5) is 21.7. The van der Waals surface area contributed by atoms with Gasteiger partial charge in [0.2, 0.25) is 5.88 Å². The number of piperidine rings is 1. The van der Waals surface area contributed by atoms with Crippen LogP contribution >= 0.6 is 0 Å². The lowest BCUT2D eigenvalue weighted by Gasteiger charge is -2.40. The molecular weight excluding hydrogens is 559 g/mol. The number of rotatable bonds is 6. The number of phenols is 1. The van der Waals surface area contributed by atoms with Gasteiger partial charge in [0, 0.05) is 67.0 Å². The van der Waals surface area contributed by atoms with Gasteiger partial charge in [-0.15, -0.1) is 0 Å². The second kappa shape index (κ2) is 10.8. The average molecular weight is 599 g/mol. The number of hydrogen-bond donors (Lipinski definition) is 3. The Bertz CT molecular complexity index is 1800. The van der Waals surface area contributed by atoms with Gasteiger partial charge < -0.3 is 20.5 Å². The molecule has 0 aliphatic carbocycles. The number of aromatic nitrogens is 3. The molecule has 2 bridgehead atoms. The third-order valence-electron chi connectivity index (χ3n) is 10.5. The van der Waals surface area contributed by atoms with Gasteiger partial charge in [0.15, 0.2) is 0 Å². The first-order valence-corrected chi connectivity index (χ1v) is 16.1. The van der Waals surface area contributed by atoms with E-state index >= 15 is 0 Å². The summed E-state index contributed by atoms with van der Waals surface area (Å²) in [5, 5.41) is 25.5. The second-order valence-electron chi connectivity index (χ2n) is 13.3. The molecule has 2 aromatic heterocycles. The fourth-order valence-electron chi connectivity index (χ4n) is 8.48. The van der Waals surface area contributed by atoms with Crippen molar-refractivity contribution in [2.24, 2.45) is 0 Å². The van der Waals surface area contributed by atoms with E-state index in [-0.39, 0.29) is 22.8 Å². The molecule has 9 nitrogen and oxygen atoms in total. The van der Waals surface area contributed by atoms with Crippen LogP contribution in [0.1, 0.15) is 56.2 Å². The van der Waals surface area contributed by atoms with Crippen molar-refractivity contribution < 1.29 is 14.2 Å². The fourth-order valence-corrected chi connectivity index (χ4v) is 8.48. The quantitative estimate of drug-likeness (QED) is 0.307. The standard InChI is InChI=1S/C34H39FN6O3/c1-2-20-5-3-6-21-11-26(42)12-29(31(20)21)41-33(43)27-13-30(44-19-34-7-4-8-40(34)18-23(35)14-34)39-32(28(27)17-37-41)22-9-24-15-36-16-25(10-22)38-24/h3,5-6,11-13,17,22-25,36,38,42H,2,4,7-10,14-16,18-19H2,1H3/t22?,23-,24?,25?,34+/m1/s1. The number of halogens is 1. The first kappa shape index (κ1) is 27.9. The Morgan fingerprint density at radius 2 is 2.00 bits per heavy atom. The van der Waals surface area contributed by atoms with Crippen LogP contribution in [-0.2, 0) is 6.42 Å². The number of aryl methyl sites for hydroxylation is 1. The maximum atomic E-state index is 14.5. The summed E-state index contributed by atoms with van der Waals surface area (Å²) >= 11 is 0. The van der Waals surface area contributed by atoms with Crippen LogP contribution in [0.2, 0.25) is 0 Å². The zero-order chi connectivity index (χ0) is 30.0. The van der Waals surface area contributed by atoms with Gasteiger partial charge in [-0.25, -0.2) is 9.37 Å². The molecule has 4 aliphatic heterocycles. The Balaban J connectivity index is 1.26. The smallest absolute Gasteiger partial charge is 0.279 e. The van der Waals surface area contributed by atoms with Gasteiger partial charge in [0.05, 0.1) is 28.5 Å². The van der Waals surface area contributed by atoms with E-state index in [1.54, 1.807) is 24.4 Å². The SMILES string of the molecule is CCc1cccc2cc(O)cc(-n3ncc4c(C5CC6CNCC(C5)N6)nc(OC[C@@]56CCCN5C[C@H](F)C6)cc4c3=O)c12. The maximum Gasteiger partial charge on any atom is 0.279 e. The molecule has 4 aromatic rings. The lowest BCUT2D eigenvalue weighted by Crippen LogP contribution is -2.58. The molecule has 44 heavy (non-hydrogen) atoms. The van der Waals surface area contributed by atoms with Crippen LogP contribution in [0.4, 0.5) is 4.39 Å². The Labute approximate surface area is 255 Å². The molecular formula is C34H39FN6O3. The van der Waals surface area contributed by atoms with E-state index in [0.29, 0.717) is 48.6 Å². The number of piperazine rings is 1. The highest BCUT2D eigenvalue weighted by molar-refractivity contribution is 5.95. The molecule has 4 saturated heterocycles. The van der Waals surface area contributed by atoms with Crippen LogP contribution in [0.3, 0.4) is 0 Å². The number of alkyl halides is 1. The number of fused-ring (bicyclic) bond motifs is 5. The van der Waals surface area contributed by atoms with E-state index in [0.717, 1.165) is 79.2 Å². The minimum atomic E-state index is -0.842. The molecule has 0 saturated carbocycles. The fraction of sp³-hybridized carbons (Fsp3) is 0.500. The van der Waals surface area contributed by atoms with Crippen molar-refractivity contribution in [1.29, 1.82) is 0 Å². The number of pyridine rings is 1. The van der Waals surface area contributed by atoms with Gasteiger partial charge in [-0.1, -0.05) is 25.1 Å². The molecule has 0 amide bonds. The molecule has 3 N–H and O–H groups in total. The number of aromatic hydroxyl groups is 1. The van der Waals surface area contributed by atoms with Gasteiger partial charge in [0.1, 0.15) is 18.5 Å². The minimum Gasteiger partial charge on any atom is -0.508 e. The molecule has 2 aromatic carbocycles. The normalized spacial score (nSPS) is 28.5. The molecule has 10 heteroatoms. The lowest BCUT2D eigenvalue weighted by atomic mass is 9.82. The average Bonchev–Trinajstić information content (AvgIpc) is 3.54.